The van der Waals surface area contributed by atoms with Gasteiger partial charge in [0.1, 0.15) is 0 Å². The Morgan fingerprint density at radius 3 is 0.923 bits per heavy atom. The minimum atomic E-state index is -1.04. The summed E-state index contributed by atoms with van der Waals surface area (Å²) in [7, 11) is -2.08. The molecular formula is C32H37NP2S4. The molecule has 4 unspecified atom stereocenters. The molecule has 4 aliphatic rings. The number of nitrogens with one attached hydrogen (secondary N) is 1. The average Bonchev–Trinajstić information content (AvgIpc) is 2.95. The molecule has 0 spiro atoms. The Labute approximate surface area is 259 Å². The SMILES string of the molecule is CCC1C=CC=C(P(NP(C2=CC=CC(CC)C2=S)C2=CC=CC(CC)C2=S)C2=CC=CC(CC)C2=S)C1=S. The largest absolute Gasteiger partial charge is 0.259 e. The van der Waals surface area contributed by atoms with Gasteiger partial charge in [0.2, 0.25) is 0 Å². The second-order valence-electron chi connectivity index (χ2n) is 10.0. The van der Waals surface area contributed by atoms with E-state index < -0.39 is 16.1 Å². The van der Waals surface area contributed by atoms with E-state index >= 15 is 0 Å². The maximum Gasteiger partial charge on any atom is 0.0318 e. The summed E-state index contributed by atoms with van der Waals surface area (Å²) < 4.78 is 0. The highest BCUT2D eigenvalue weighted by molar-refractivity contribution is 7.90. The fourth-order valence-electron chi connectivity index (χ4n) is 5.16. The summed E-state index contributed by atoms with van der Waals surface area (Å²) in [6.45, 7) is 8.83. The van der Waals surface area contributed by atoms with Crippen molar-refractivity contribution in [2.45, 2.75) is 53.4 Å². The number of hydrogen-bond donors (Lipinski definition) is 1. The fraction of sp³-hybridized carbons (Fsp3) is 0.375. The highest BCUT2D eigenvalue weighted by Gasteiger charge is 2.37. The highest BCUT2D eigenvalue weighted by atomic mass is 32.1. The molecule has 0 fully saturated rings. The van der Waals surface area contributed by atoms with Gasteiger partial charge in [-0.3, -0.25) is 4.86 Å². The van der Waals surface area contributed by atoms with Crippen LogP contribution in [0.5, 0.6) is 0 Å². The minimum absolute atomic E-state index is 0.262. The van der Waals surface area contributed by atoms with Gasteiger partial charge < -0.3 is 0 Å². The topological polar surface area (TPSA) is 12.0 Å². The standard InChI is InChI=1S/C32H37NP2S4/c1-5-21-13-9-17-25(29(21)36)34(26-18-10-14-22(6-2)30(26)37)33-35(27-19-11-15-23(7-3)31(27)38)28-20-12-16-24(8-4)32(28)39/h9-24,33H,5-8H2,1-4H3. The average molecular weight is 626 g/mol. The minimum Gasteiger partial charge on any atom is -0.259 e. The van der Waals surface area contributed by atoms with Crippen LogP contribution in [0.3, 0.4) is 0 Å². The number of hydrogen-bond acceptors (Lipinski definition) is 5. The summed E-state index contributed by atoms with van der Waals surface area (Å²) in [5, 5.41) is 4.82. The van der Waals surface area contributed by atoms with Crippen LogP contribution in [0, 0.1) is 23.7 Å². The Hall–Kier alpha value is -0.900. The molecule has 1 N–H and O–H groups in total. The summed E-state index contributed by atoms with van der Waals surface area (Å²) in [5.74, 6) is 1.05. The first-order valence-electron chi connectivity index (χ1n) is 13.9. The molecule has 39 heavy (non-hydrogen) atoms. The predicted molar refractivity (Wildman–Crippen MR) is 191 cm³/mol. The van der Waals surface area contributed by atoms with Gasteiger partial charge in [-0.1, -0.05) is 149 Å². The smallest absolute Gasteiger partial charge is 0.0318 e. The maximum absolute atomic E-state index is 6.15. The van der Waals surface area contributed by atoms with Gasteiger partial charge in [0, 0.05) is 80.5 Å². The van der Waals surface area contributed by atoms with Gasteiger partial charge in [-0.05, 0) is 25.7 Å². The highest BCUT2D eigenvalue weighted by Crippen LogP contribution is 2.64. The molecule has 4 atom stereocenters. The van der Waals surface area contributed by atoms with Crippen LogP contribution in [0.15, 0.2) is 94.2 Å². The molecule has 0 saturated carbocycles. The van der Waals surface area contributed by atoms with Crippen molar-refractivity contribution in [3.63, 3.8) is 0 Å². The molecule has 4 aliphatic carbocycles. The number of allylic oxidation sites excluding steroid dienone is 16. The van der Waals surface area contributed by atoms with Crippen LogP contribution in [0.1, 0.15) is 53.4 Å². The van der Waals surface area contributed by atoms with Gasteiger partial charge in [-0.2, -0.15) is 0 Å². The second kappa shape index (κ2) is 14.3. The second-order valence-corrected chi connectivity index (χ2v) is 15.9. The molecule has 4 rings (SSSR count). The van der Waals surface area contributed by atoms with Crippen LogP contribution in [-0.4, -0.2) is 19.5 Å². The quantitative estimate of drug-likeness (QED) is 0.191. The maximum atomic E-state index is 6.15. The Kier molecular flexibility index (Phi) is 11.4. The third-order valence-electron chi connectivity index (χ3n) is 7.67. The van der Waals surface area contributed by atoms with Crippen molar-refractivity contribution in [2.75, 3.05) is 0 Å². The van der Waals surface area contributed by atoms with Crippen LogP contribution in [0.2, 0.25) is 0 Å². The lowest BCUT2D eigenvalue weighted by molar-refractivity contribution is 0.823. The third-order valence-corrected chi connectivity index (χ3v) is 15.5. The van der Waals surface area contributed by atoms with Gasteiger partial charge in [0.05, 0.1) is 0 Å². The molecule has 0 radical (unpaired) electrons. The lowest BCUT2D eigenvalue weighted by Gasteiger charge is -2.37. The molecule has 0 aliphatic heterocycles. The summed E-state index contributed by atoms with van der Waals surface area (Å²) >= 11 is 24.6. The summed E-state index contributed by atoms with van der Waals surface area (Å²) in [4.78, 5) is 8.31. The molecule has 0 amide bonds. The van der Waals surface area contributed by atoms with Gasteiger partial charge in [0.25, 0.3) is 0 Å². The van der Waals surface area contributed by atoms with Crippen LogP contribution in [-0.2, 0) is 0 Å². The zero-order chi connectivity index (χ0) is 28.1. The lowest BCUT2D eigenvalue weighted by Crippen LogP contribution is -2.25. The van der Waals surface area contributed by atoms with Crippen molar-refractivity contribution in [3.8, 4) is 0 Å². The van der Waals surface area contributed by atoms with Crippen LogP contribution >= 0.6 is 65.0 Å². The Morgan fingerprint density at radius 2 is 0.718 bits per heavy atom. The first-order chi connectivity index (χ1) is 18.9. The third kappa shape index (κ3) is 6.62. The molecule has 0 aromatic rings. The molecular weight excluding hydrogens is 589 g/mol. The van der Waals surface area contributed by atoms with E-state index in [4.69, 9.17) is 48.9 Å². The van der Waals surface area contributed by atoms with Crippen molar-refractivity contribution in [3.05, 3.63) is 94.2 Å². The van der Waals surface area contributed by atoms with Crippen LogP contribution < -0.4 is 4.86 Å². The van der Waals surface area contributed by atoms with Gasteiger partial charge >= 0.3 is 0 Å². The predicted octanol–water partition coefficient (Wildman–Crippen LogP) is 10.8. The molecule has 7 heteroatoms. The van der Waals surface area contributed by atoms with Gasteiger partial charge in [0.15, 0.2) is 0 Å². The van der Waals surface area contributed by atoms with Gasteiger partial charge in [-0.15, -0.1) is 0 Å². The van der Waals surface area contributed by atoms with E-state index in [0.29, 0.717) is 0 Å². The van der Waals surface area contributed by atoms with E-state index in [1.807, 2.05) is 0 Å². The van der Waals surface area contributed by atoms with Crippen molar-refractivity contribution >= 4 is 84.5 Å². The number of rotatable bonds is 10. The Bertz CT molecular complexity index is 1100. The molecule has 1 nitrogen and oxygen atoms in total. The van der Waals surface area contributed by atoms with Crippen molar-refractivity contribution in [2.24, 2.45) is 23.7 Å². The monoisotopic (exact) mass is 625 g/mol. The molecule has 0 saturated heterocycles. The Balaban J connectivity index is 1.85. The summed E-state index contributed by atoms with van der Waals surface area (Å²) in [6, 6.07) is 0. The van der Waals surface area contributed by atoms with E-state index in [9.17, 15) is 0 Å². The van der Waals surface area contributed by atoms with E-state index in [1.165, 1.54) is 21.3 Å². The molecule has 0 aromatic heterocycles. The molecule has 204 valence electrons. The first kappa shape index (κ1) is 31.0. The Morgan fingerprint density at radius 1 is 0.487 bits per heavy atom. The molecule has 0 aromatic carbocycles. The molecule has 0 heterocycles. The fourth-order valence-corrected chi connectivity index (χ4v) is 13.0. The normalized spacial score (nSPS) is 28.2. The van der Waals surface area contributed by atoms with Gasteiger partial charge in [-0.25, -0.2) is 0 Å². The summed E-state index contributed by atoms with van der Waals surface area (Å²) in [5.41, 5.74) is 0. The van der Waals surface area contributed by atoms with E-state index in [2.05, 4.69) is 105 Å². The summed E-state index contributed by atoms with van der Waals surface area (Å²) in [6.07, 6.45) is 30.5. The van der Waals surface area contributed by atoms with E-state index in [1.54, 1.807) is 0 Å². The van der Waals surface area contributed by atoms with Crippen LogP contribution in [0.25, 0.3) is 0 Å². The van der Waals surface area contributed by atoms with Crippen molar-refractivity contribution < 1.29 is 0 Å². The zero-order valence-electron chi connectivity index (χ0n) is 23.1. The van der Waals surface area contributed by atoms with Crippen LogP contribution in [0.4, 0.5) is 0 Å². The van der Waals surface area contributed by atoms with Crippen molar-refractivity contribution in [1.82, 2.24) is 4.86 Å². The lowest BCUT2D eigenvalue weighted by atomic mass is 9.97. The van der Waals surface area contributed by atoms with E-state index in [0.717, 1.165) is 45.1 Å². The molecule has 0 bridgehead atoms. The number of thiocarbonyl (C=S) groups is 4. The zero-order valence-corrected chi connectivity index (χ0v) is 28.1. The first-order valence-corrected chi connectivity index (χ1v) is 18.2. The van der Waals surface area contributed by atoms with Crippen molar-refractivity contribution in [1.29, 1.82) is 0 Å². The van der Waals surface area contributed by atoms with E-state index in [-0.39, 0.29) is 23.7 Å².